The highest BCUT2D eigenvalue weighted by Gasteiger charge is 2.34. The van der Waals surface area contributed by atoms with Crippen molar-refractivity contribution in [2.45, 2.75) is 12.5 Å². The van der Waals surface area contributed by atoms with E-state index in [1.165, 1.54) is 4.90 Å². The van der Waals surface area contributed by atoms with E-state index in [1.54, 1.807) is 30.3 Å². The highest BCUT2D eigenvalue weighted by molar-refractivity contribution is 6.03. The van der Waals surface area contributed by atoms with Crippen LogP contribution < -0.4 is 21.1 Å². The number of carbonyl (C=O) groups excluding carboxylic acids is 2. The maximum atomic E-state index is 12.7. The molecule has 0 radical (unpaired) electrons. The summed E-state index contributed by atoms with van der Waals surface area (Å²) in [6.45, 7) is -0.174. The lowest BCUT2D eigenvalue weighted by atomic mass is 10.0. The smallest absolute Gasteiger partial charge is 0.268 e. The molecule has 0 fully saturated rings. The van der Waals surface area contributed by atoms with Crippen molar-refractivity contribution in [2.75, 3.05) is 17.2 Å². The second-order valence-corrected chi connectivity index (χ2v) is 5.41. The Balaban J connectivity index is 1.91. The van der Waals surface area contributed by atoms with Crippen molar-refractivity contribution < 1.29 is 14.3 Å². The number of nitrogens with zero attached hydrogens (tertiary/aromatic N) is 1. The van der Waals surface area contributed by atoms with Crippen molar-refractivity contribution in [3.63, 3.8) is 0 Å². The summed E-state index contributed by atoms with van der Waals surface area (Å²) in [4.78, 5) is 25.4. The molecule has 0 aliphatic carbocycles. The Morgan fingerprint density at radius 1 is 1.17 bits per heavy atom. The predicted octanol–water partition coefficient (Wildman–Crippen LogP) is 1.09. The van der Waals surface area contributed by atoms with Crippen LogP contribution in [0.3, 0.4) is 0 Å². The van der Waals surface area contributed by atoms with E-state index in [-0.39, 0.29) is 12.5 Å². The number of anilines is 2. The Bertz CT molecular complexity index is 760. The molecule has 0 bridgehead atoms. The van der Waals surface area contributed by atoms with Gasteiger partial charge < -0.3 is 16.2 Å². The maximum Gasteiger partial charge on any atom is 0.268 e. The fourth-order valence-electron chi connectivity index (χ4n) is 2.66. The molecule has 6 heteroatoms. The molecule has 3 rings (SSSR count). The zero-order valence-electron chi connectivity index (χ0n) is 12.4. The van der Waals surface area contributed by atoms with Crippen LogP contribution >= 0.6 is 0 Å². The van der Waals surface area contributed by atoms with Gasteiger partial charge in [0.05, 0.1) is 5.69 Å². The second kappa shape index (κ2) is 6.00. The average Bonchev–Trinajstić information content (AvgIpc) is 2.51. The van der Waals surface area contributed by atoms with Gasteiger partial charge in [-0.1, -0.05) is 24.3 Å². The number of carbonyl (C=O) groups is 2. The zero-order valence-corrected chi connectivity index (χ0v) is 12.4. The third-order valence-corrected chi connectivity index (χ3v) is 3.65. The van der Waals surface area contributed by atoms with Crippen LogP contribution in [0.4, 0.5) is 11.4 Å². The number of amides is 2. The van der Waals surface area contributed by atoms with E-state index in [0.29, 0.717) is 23.5 Å². The van der Waals surface area contributed by atoms with E-state index in [2.05, 4.69) is 0 Å². The predicted molar refractivity (Wildman–Crippen MR) is 87.0 cm³/mol. The van der Waals surface area contributed by atoms with Gasteiger partial charge in [-0.3, -0.25) is 14.5 Å². The van der Waals surface area contributed by atoms with Crippen LogP contribution in [0.5, 0.6) is 5.75 Å². The first-order valence-corrected chi connectivity index (χ1v) is 7.24. The summed E-state index contributed by atoms with van der Waals surface area (Å²) < 4.78 is 5.82. The highest BCUT2D eigenvalue weighted by Crippen LogP contribution is 2.34. The third kappa shape index (κ3) is 3.11. The van der Waals surface area contributed by atoms with Gasteiger partial charge >= 0.3 is 0 Å². The monoisotopic (exact) mass is 311 g/mol. The summed E-state index contributed by atoms with van der Waals surface area (Å²) in [5.74, 6) is -0.301. The quantitative estimate of drug-likeness (QED) is 0.826. The molecule has 4 N–H and O–H groups in total. The molecule has 2 amide bonds. The number of hydrogen-bond acceptors (Lipinski definition) is 4. The van der Waals surface area contributed by atoms with Crippen molar-refractivity contribution in [2.24, 2.45) is 5.73 Å². The van der Waals surface area contributed by atoms with Gasteiger partial charge in [-0.15, -0.1) is 0 Å². The van der Waals surface area contributed by atoms with Crippen molar-refractivity contribution in [3.8, 4) is 5.75 Å². The van der Waals surface area contributed by atoms with Crippen molar-refractivity contribution in [1.29, 1.82) is 0 Å². The molecule has 118 valence electrons. The topological polar surface area (TPSA) is 98.7 Å². The summed E-state index contributed by atoms with van der Waals surface area (Å²) >= 11 is 0. The summed E-state index contributed by atoms with van der Waals surface area (Å²) in [6.07, 6.45) is -0.348. The minimum absolute atomic E-state index is 0.174. The lowest BCUT2D eigenvalue weighted by Crippen LogP contribution is -2.49. The van der Waals surface area contributed by atoms with Crippen molar-refractivity contribution >= 4 is 23.2 Å². The number of ether oxygens (including phenoxy) is 1. The van der Waals surface area contributed by atoms with E-state index >= 15 is 0 Å². The molecule has 2 aromatic carbocycles. The fraction of sp³-hybridized carbons (Fsp3) is 0.176. The highest BCUT2D eigenvalue weighted by atomic mass is 16.5. The Hall–Kier alpha value is -3.02. The molecule has 1 aliphatic rings. The van der Waals surface area contributed by atoms with E-state index < -0.39 is 12.0 Å². The van der Waals surface area contributed by atoms with Gasteiger partial charge in [-0.25, -0.2) is 0 Å². The summed E-state index contributed by atoms with van der Waals surface area (Å²) in [5.41, 5.74) is 13.1. The first-order valence-electron chi connectivity index (χ1n) is 7.24. The van der Waals surface area contributed by atoms with Gasteiger partial charge in [0, 0.05) is 12.1 Å². The average molecular weight is 311 g/mol. The Kier molecular flexibility index (Phi) is 3.89. The van der Waals surface area contributed by atoms with Crippen LogP contribution in [0, 0.1) is 0 Å². The van der Waals surface area contributed by atoms with Gasteiger partial charge in [0.1, 0.15) is 12.3 Å². The Morgan fingerprint density at radius 3 is 2.70 bits per heavy atom. The zero-order chi connectivity index (χ0) is 16.4. The molecule has 0 aromatic heterocycles. The molecule has 1 heterocycles. The number of nitrogens with two attached hydrogens (primary N) is 2. The van der Waals surface area contributed by atoms with Gasteiger partial charge in [0.25, 0.3) is 5.91 Å². The lowest BCUT2D eigenvalue weighted by molar-refractivity contribution is -0.128. The first kappa shape index (κ1) is 14.9. The fourth-order valence-corrected chi connectivity index (χ4v) is 2.66. The van der Waals surface area contributed by atoms with Crippen LogP contribution in [-0.4, -0.2) is 24.5 Å². The number of hydrogen-bond donors (Lipinski definition) is 2. The van der Waals surface area contributed by atoms with Gasteiger partial charge in [0.2, 0.25) is 5.91 Å². The second-order valence-electron chi connectivity index (χ2n) is 5.41. The van der Waals surface area contributed by atoms with Gasteiger partial charge in [-0.2, -0.15) is 0 Å². The molecule has 2 aromatic rings. The molecule has 0 saturated heterocycles. The summed E-state index contributed by atoms with van der Waals surface area (Å²) in [5, 5.41) is 0. The SMILES string of the molecule is NC(=O)CN1C(=O)C(Cc2cccc(N)c2)Oc2ccccc21. The molecule has 23 heavy (non-hydrogen) atoms. The molecule has 6 nitrogen and oxygen atoms in total. The van der Waals surface area contributed by atoms with E-state index in [4.69, 9.17) is 16.2 Å². The van der Waals surface area contributed by atoms with E-state index in [9.17, 15) is 9.59 Å². The number of benzene rings is 2. The lowest BCUT2D eigenvalue weighted by Gasteiger charge is -2.33. The molecule has 0 saturated carbocycles. The van der Waals surface area contributed by atoms with E-state index in [0.717, 1.165) is 5.56 Å². The standard InChI is InChI=1S/C17H17N3O3/c18-12-5-3-4-11(8-12)9-15-17(22)20(10-16(19)21)13-6-1-2-7-14(13)23-15/h1-8,15H,9-10,18H2,(H2,19,21). The number of nitrogen functional groups attached to an aromatic ring is 1. The number of para-hydroxylation sites is 2. The van der Waals surface area contributed by atoms with Crippen LogP contribution in [-0.2, 0) is 16.0 Å². The largest absolute Gasteiger partial charge is 0.478 e. The van der Waals surface area contributed by atoms with Gasteiger partial charge in [0.15, 0.2) is 6.10 Å². The minimum Gasteiger partial charge on any atom is -0.478 e. The number of primary amides is 1. The van der Waals surface area contributed by atoms with Gasteiger partial charge in [-0.05, 0) is 29.8 Å². The van der Waals surface area contributed by atoms with Crippen LogP contribution in [0.25, 0.3) is 0 Å². The Labute approximate surface area is 133 Å². The normalized spacial score (nSPS) is 16.6. The molecule has 1 atom stereocenters. The first-order chi connectivity index (χ1) is 11.0. The minimum atomic E-state index is -0.717. The maximum absolute atomic E-state index is 12.7. The van der Waals surface area contributed by atoms with Crippen LogP contribution in [0.15, 0.2) is 48.5 Å². The van der Waals surface area contributed by atoms with Crippen molar-refractivity contribution in [3.05, 3.63) is 54.1 Å². The summed E-state index contributed by atoms with van der Waals surface area (Å²) in [7, 11) is 0. The van der Waals surface area contributed by atoms with Crippen LogP contribution in [0.1, 0.15) is 5.56 Å². The molecule has 0 spiro atoms. The number of fused-ring (bicyclic) bond motifs is 1. The molecular formula is C17H17N3O3. The number of rotatable bonds is 4. The molecule has 1 unspecified atom stereocenters. The van der Waals surface area contributed by atoms with Crippen molar-refractivity contribution in [1.82, 2.24) is 0 Å². The molecular weight excluding hydrogens is 294 g/mol. The third-order valence-electron chi connectivity index (χ3n) is 3.65. The molecule has 1 aliphatic heterocycles. The Morgan fingerprint density at radius 2 is 1.96 bits per heavy atom. The summed E-state index contributed by atoms with van der Waals surface area (Å²) in [6, 6.07) is 14.4. The van der Waals surface area contributed by atoms with E-state index in [1.807, 2.05) is 18.2 Å². The van der Waals surface area contributed by atoms with Crippen LogP contribution in [0.2, 0.25) is 0 Å².